The highest BCUT2D eigenvalue weighted by Gasteiger charge is 2.37. The van der Waals surface area contributed by atoms with Gasteiger partial charge in [-0.25, -0.2) is 14.8 Å². The number of ether oxygens (including phenoxy) is 3. The van der Waals surface area contributed by atoms with Gasteiger partial charge >= 0.3 is 19.8 Å². The predicted octanol–water partition coefficient (Wildman–Crippen LogP) is 9.38. The first kappa shape index (κ1) is 45.0. The van der Waals surface area contributed by atoms with Crippen molar-refractivity contribution in [1.29, 1.82) is 0 Å². The number of hydrogen-bond acceptors (Lipinski definition) is 11. The van der Waals surface area contributed by atoms with Gasteiger partial charge in [0.2, 0.25) is 5.91 Å². The van der Waals surface area contributed by atoms with Crippen LogP contribution in [0.3, 0.4) is 0 Å². The molecule has 0 unspecified atom stereocenters. The minimum absolute atomic E-state index is 0.0163. The fraction of sp³-hybridized carbons (Fsp3) is 0.204. The number of hydrogen-bond donors (Lipinski definition) is 2. The third kappa shape index (κ3) is 14.6. The largest absolute Gasteiger partial charge is 0.530 e. The summed E-state index contributed by atoms with van der Waals surface area (Å²) >= 11 is 0. The highest BCUT2D eigenvalue weighted by Crippen LogP contribution is 2.53. The summed E-state index contributed by atoms with van der Waals surface area (Å²) in [6.45, 7) is 1.68. The molecule has 0 aromatic heterocycles. The van der Waals surface area contributed by atoms with Crippen molar-refractivity contribution in [2.75, 3.05) is 0 Å². The van der Waals surface area contributed by atoms with Crippen molar-refractivity contribution in [1.82, 2.24) is 10.9 Å². The Morgan fingerprint density at radius 2 is 0.968 bits per heavy atom. The first-order valence-corrected chi connectivity index (χ1v) is 21.5. The topological polar surface area (TPSA) is 148 Å². The van der Waals surface area contributed by atoms with Crippen molar-refractivity contribution in [2.45, 2.75) is 64.8 Å². The molecule has 12 nitrogen and oxygen atoms in total. The fourth-order valence-electron chi connectivity index (χ4n) is 6.01. The Balaban J connectivity index is 1.21. The number of carbonyl (C=O) groups excluding carboxylic acids is 3. The van der Waals surface area contributed by atoms with E-state index in [1.54, 1.807) is 25.1 Å². The number of hydrazine groups is 1. The number of phosphoric acid groups is 1. The molecule has 1 atom stereocenters. The highest BCUT2D eigenvalue weighted by atomic mass is 31.2. The number of rotatable bonds is 23. The molecule has 0 heterocycles. The molecule has 0 aliphatic rings. The molecule has 0 saturated heterocycles. The molecule has 0 radical (unpaired) electrons. The van der Waals surface area contributed by atoms with E-state index in [2.05, 4.69) is 10.9 Å². The lowest BCUT2D eigenvalue weighted by Gasteiger charge is -2.29. The van der Waals surface area contributed by atoms with E-state index in [1.165, 1.54) is 0 Å². The number of phosphoric ester groups is 1. The predicted molar refractivity (Wildman–Crippen MR) is 233 cm³/mol. The van der Waals surface area contributed by atoms with Crippen LogP contribution in [0.25, 0.3) is 0 Å². The monoisotopic (exact) mass is 856 g/mol. The quantitative estimate of drug-likeness (QED) is 0.0361. The van der Waals surface area contributed by atoms with Crippen LogP contribution < -0.4 is 20.1 Å². The summed E-state index contributed by atoms with van der Waals surface area (Å²) in [7, 11) is -4.31. The van der Waals surface area contributed by atoms with E-state index < -0.39 is 31.2 Å². The van der Waals surface area contributed by atoms with Crippen LogP contribution in [-0.4, -0.2) is 23.4 Å². The molecule has 62 heavy (non-hydrogen) atoms. The summed E-state index contributed by atoms with van der Waals surface area (Å²) in [4.78, 5) is 39.4. The molecule has 6 aromatic rings. The van der Waals surface area contributed by atoms with Crippen LogP contribution in [0.1, 0.15) is 53.1 Å². The molecule has 6 aromatic carbocycles. The Labute approximate surface area is 361 Å². The van der Waals surface area contributed by atoms with Crippen molar-refractivity contribution in [2.24, 2.45) is 0 Å². The van der Waals surface area contributed by atoms with Crippen LogP contribution in [0.4, 0.5) is 0 Å². The normalized spacial score (nSPS) is 12.1. The summed E-state index contributed by atoms with van der Waals surface area (Å²) in [5, 5.41) is 0. The Kier molecular flexibility index (Phi) is 16.6. The summed E-state index contributed by atoms with van der Waals surface area (Å²) in [5.41, 5.74) is 8.46. The van der Waals surface area contributed by atoms with Crippen LogP contribution in [0.2, 0.25) is 0 Å². The van der Waals surface area contributed by atoms with Crippen molar-refractivity contribution >= 4 is 25.7 Å². The number of esters is 2. The van der Waals surface area contributed by atoms with E-state index in [4.69, 9.17) is 27.8 Å². The second-order valence-electron chi connectivity index (χ2n) is 14.5. The van der Waals surface area contributed by atoms with Crippen molar-refractivity contribution in [3.8, 4) is 11.5 Å². The number of benzene rings is 6. The van der Waals surface area contributed by atoms with E-state index in [0.29, 0.717) is 5.56 Å². The molecule has 0 bridgehead atoms. The molecule has 0 saturated carbocycles. The summed E-state index contributed by atoms with van der Waals surface area (Å²) in [6.07, 6.45) is -0.389. The molecule has 13 heteroatoms. The lowest BCUT2D eigenvalue weighted by molar-refractivity contribution is -0.153. The van der Waals surface area contributed by atoms with E-state index in [1.807, 2.05) is 152 Å². The molecule has 1 amide bonds. The third-order valence-electron chi connectivity index (χ3n) is 9.42. The van der Waals surface area contributed by atoms with Gasteiger partial charge in [0.05, 0.1) is 19.6 Å². The summed E-state index contributed by atoms with van der Waals surface area (Å²) in [6, 6.07) is 51.3. The van der Waals surface area contributed by atoms with E-state index in [0.717, 1.165) is 27.8 Å². The van der Waals surface area contributed by atoms with Gasteiger partial charge in [0.15, 0.2) is 11.5 Å². The zero-order valence-corrected chi connectivity index (χ0v) is 35.2. The van der Waals surface area contributed by atoms with Gasteiger partial charge in [-0.05, 0) is 52.4 Å². The maximum atomic E-state index is 14.4. The Morgan fingerprint density at radius 3 is 1.47 bits per heavy atom. The molecule has 0 spiro atoms. The van der Waals surface area contributed by atoms with Gasteiger partial charge in [0.1, 0.15) is 25.4 Å². The number of carbonyl (C=O) groups is 3. The Morgan fingerprint density at radius 1 is 0.516 bits per heavy atom. The molecular weight excluding hydrogens is 808 g/mol. The maximum Gasteiger partial charge on any atom is 0.530 e. The minimum Gasteiger partial charge on any atom is -0.485 e. The number of amides is 1. The second kappa shape index (κ2) is 22.9. The molecular formula is C49H49N2O10P. The molecule has 320 valence electrons. The van der Waals surface area contributed by atoms with Gasteiger partial charge in [-0.3, -0.25) is 24.1 Å². The van der Waals surface area contributed by atoms with Gasteiger partial charge < -0.3 is 18.7 Å². The van der Waals surface area contributed by atoms with Gasteiger partial charge in [-0.2, -0.15) is 0 Å². The average molecular weight is 857 g/mol. The Hall–Kier alpha value is -6.56. The molecule has 0 fully saturated rings. The first-order chi connectivity index (χ1) is 30.1. The van der Waals surface area contributed by atoms with Crippen LogP contribution in [0, 0.1) is 0 Å². The lowest BCUT2D eigenvalue weighted by atomic mass is 9.93. The second-order valence-corrected chi connectivity index (χ2v) is 16.1. The highest BCUT2D eigenvalue weighted by molar-refractivity contribution is 7.48. The van der Waals surface area contributed by atoms with Crippen LogP contribution in [-0.2, 0) is 76.9 Å². The smallest absolute Gasteiger partial charge is 0.485 e. The lowest BCUT2D eigenvalue weighted by Crippen LogP contribution is -2.59. The molecule has 0 aliphatic heterocycles. The Bertz CT molecular complexity index is 2330. The minimum atomic E-state index is -4.31. The van der Waals surface area contributed by atoms with Crippen molar-refractivity contribution in [3.63, 3.8) is 0 Å². The van der Waals surface area contributed by atoms with E-state index >= 15 is 0 Å². The zero-order valence-electron chi connectivity index (χ0n) is 34.4. The standard InChI is InChI=1S/C49H49N2O10P/c1-49(48(54)58-35-40-21-11-4-12-22-40,51-50-46(52)29-30-47(53)57-34-39-19-9-3-10-20-39)32-43-27-28-44(45(31-43)56-33-38-17-7-2-8-18-38)61-62(55,59-36-41-23-13-5-14-24-41)60-37-42-25-15-6-16-26-42/h2-28,31,51H,29-30,32-37H2,1H3,(H,50,52)/t49-/m0/s1. The van der Waals surface area contributed by atoms with Crippen LogP contribution >= 0.6 is 7.82 Å². The van der Waals surface area contributed by atoms with Gasteiger partial charge in [-0.1, -0.05) is 158 Å². The van der Waals surface area contributed by atoms with Gasteiger partial charge in [0, 0.05) is 12.8 Å². The maximum absolute atomic E-state index is 14.4. The average Bonchev–Trinajstić information content (AvgIpc) is 3.31. The van der Waals surface area contributed by atoms with E-state index in [9.17, 15) is 18.9 Å². The zero-order chi connectivity index (χ0) is 43.5. The molecule has 0 aliphatic carbocycles. The molecule has 6 rings (SSSR count). The molecule has 2 N–H and O–H groups in total. The summed E-state index contributed by atoms with van der Waals surface area (Å²) in [5.74, 6) is -1.48. The summed E-state index contributed by atoms with van der Waals surface area (Å²) < 4.78 is 49.8. The SMILES string of the molecule is C[C@@](Cc1ccc(OP(=O)(OCc2ccccc2)OCc2ccccc2)c(OCc2ccccc2)c1)(NNC(=O)CCC(=O)OCc1ccccc1)C(=O)OCc1ccccc1. The van der Waals surface area contributed by atoms with Crippen molar-refractivity contribution < 1.29 is 46.7 Å². The van der Waals surface area contributed by atoms with E-state index in [-0.39, 0.29) is 63.8 Å². The van der Waals surface area contributed by atoms with Gasteiger partial charge in [0.25, 0.3) is 0 Å². The van der Waals surface area contributed by atoms with Crippen LogP contribution in [0.5, 0.6) is 11.5 Å². The first-order valence-electron chi connectivity index (χ1n) is 20.1. The van der Waals surface area contributed by atoms with Crippen molar-refractivity contribution in [3.05, 3.63) is 203 Å². The number of nitrogens with one attached hydrogen (secondary N) is 2. The van der Waals surface area contributed by atoms with Gasteiger partial charge in [-0.15, -0.1) is 0 Å². The fourth-order valence-corrected chi connectivity index (χ4v) is 7.19. The third-order valence-corrected chi connectivity index (χ3v) is 10.7. The van der Waals surface area contributed by atoms with Crippen LogP contribution in [0.15, 0.2) is 170 Å².